The molecule has 72 valence electrons. The predicted molar refractivity (Wildman–Crippen MR) is 54.2 cm³/mol. The van der Waals surface area contributed by atoms with E-state index in [1.54, 1.807) is 13.3 Å². The molecule has 0 bridgehead atoms. The molecule has 0 saturated heterocycles. The van der Waals surface area contributed by atoms with Crippen LogP contribution in [0.1, 0.15) is 31.9 Å². The average Bonchev–Trinajstić information content (AvgIpc) is 2.02. The molecule has 1 aromatic heterocycles. The highest BCUT2D eigenvalue weighted by molar-refractivity contribution is 5.39. The fourth-order valence-electron chi connectivity index (χ4n) is 1.47. The average molecular weight is 179 g/mol. The maximum absolute atomic E-state index is 5.22. The van der Waals surface area contributed by atoms with Gasteiger partial charge >= 0.3 is 0 Å². The summed E-state index contributed by atoms with van der Waals surface area (Å²) in [6.07, 6.45) is 3.67. The van der Waals surface area contributed by atoms with E-state index in [4.69, 9.17) is 4.74 Å². The lowest BCUT2D eigenvalue weighted by molar-refractivity contribution is 0.406. The molecule has 0 N–H and O–H groups in total. The molecule has 0 amide bonds. The van der Waals surface area contributed by atoms with Gasteiger partial charge in [-0.3, -0.25) is 4.98 Å². The molecule has 0 fully saturated rings. The normalized spacial score (nSPS) is 11.5. The van der Waals surface area contributed by atoms with Crippen LogP contribution in [0.2, 0.25) is 0 Å². The summed E-state index contributed by atoms with van der Waals surface area (Å²) in [5.74, 6) is 0.868. The van der Waals surface area contributed by atoms with Crippen molar-refractivity contribution in [2.75, 3.05) is 7.11 Å². The van der Waals surface area contributed by atoms with E-state index in [2.05, 4.69) is 32.7 Å². The molecule has 0 radical (unpaired) electrons. The van der Waals surface area contributed by atoms with Gasteiger partial charge in [0.05, 0.1) is 13.3 Å². The number of hydrogen-bond donors (Lipinski definition) is 0. The fourth-order valence-corrected chi connectivity index (χ4v) is 1.47. The van der Waals surface area contributed by atoms with Gasteiger partial charge in [-0.2, -0.15) is 0 Å². The summed E-state index contributed by atoms with van der Waals surface area (Å²) < 4.78 is 5.22. The molecular formula is C11H17NO. The number of methoxy groups -OCH3 is 1. The van der Waals surface area contributed by atoms with E-state index in [0.29, 0.717) is 0 Å². The standard InChI is InChI=1S/C11H17NO/c1-8-9(11(2,3)4)6-12-7-10(8)13-5/h6-7H,1-5H3. The minimum absolute atomic E-state index is 0.131. The molecule has 0 saturated carbocycles. The van der Waals surface area contributed by atoms with Crippen LogP contribution in [0.3, 0.4) is 0 Å². The van der Waals surface area contributed by atoms with E-state index in [0.717, 1.165) is 5.75 Å². The van der Waals surface area contributed by atoms with Crippen molar-refractivity contribution in [1.82, 2.24) is 4.98 Å². The maximum Gasteiger partial charge on any atom is 0.140 e. The van der Waals surface area contributed by atoms with Gasteiger partial charge in [0, 0.05) is 6.20 Å². The van der Waals surface area contributed by atoms with Crippen molar-refractivity contribution < 1.29 is 4.74 Å². The van der Waals surface area contributed by atoms with Crippen LogP contribution in [-0.4, -0.2) is 12.1 Å². The van der Waals surface area contributed by atoms with E-state index in [1.807, 2.05) is 6.20 Å². The Morgan fingerprint density at radius 3 is 2.31 bits per heavy atom. The molecule has 0 atom stereocenters. The first-order valence-electron chi connectivity index (χ1n) is 4.46. The second-order valence-electron chi connectivity index (χ2n) is 4.26. The lowest BCUT2D eigenvalue weighted by Crippen LogP contribution is -2.14. The van der Waals surface area contributed by atoms with E-state index in [-0.39, 0.29) is 5.41 Å². The van der Waals surface area contributed by atoms with Crippen LogP contribution in [0.5, 0.6) is 5.75 Å². The number of ether oxygens (including phenoxy) is 1. The molecule has 0 aromatic carbocycles. The Labute approximate surface area is 80.0 Å². The van der Waals surface area contributed by atoms with Crippen LogP contribution in [0.25, 0.3) is 0 Å². The predicted octanol–water partition coefficient (Wildman–Crippen LogP) is 2.70. The Morgan fingerprint density at radius 2 is 1.85 bits per heavy atom. The summed E-state index contributed by atoms with van der Waals surface area (Å²) in [7, 11) is 1.68. The number of rotatable bonds is 1. The highest BCUT2D eigenvalue weighted by atomic mass is 16.5. The summed E-state index contributed by atoms with van der Waals surface area (Å²) >= 11 is 0. The molecule has 1 rings (SSSR count). The zero-order valence-corrected chi connectivity index (χ0v) is 9.01. The third-order valence-electron chi connectivity index (χ3n) is 2.20. The Kier molecular flexibility index (Phi) is 2.60. The van der Waals surface area contributed by atoms with E-state index < -0.39 is 0 Å². The third kappa shape index (κ3) is 2.00. The second kappa shape index (κ2) is 3.36. The van der Waals surface area contributed by atoms with Crippen LogP contribution in [0.15, 0.2) is 12.4 Å². The lowest BCUT2D eigenvalue weighted by Gasteiger charge is -2.21. The summed E-state index contributed by atoms with van der Waals surface area (Å²) in [6.45, 7) is 8.60. The molecular weight excluding hydrogens is 162 g/mol. The molecule has 0 aliphatic carbocycles. The van der Waals surface area contributed by atoms with Crippen molar-refractivity contribution in [3.05, 3.63) is 23.5 Å². The van der Waals surface area contributed by atoms with Gasteiger partial charge in [0.15, 0.2) is 0 Å². The Bertz CT molecular complexity index is 299. The fraction of sp³-hybridized carbons (Fsp3) is 0.545. The zero-order valence-electron chi connectivity index (χ0n) is 9.01. The first-order valence-corrected chi connectivity index (χ1v) is 4.46. The maximum atomic E-state index is 5.22. The Morgan fingerprint density at radius 1 is 1.23 bits per heavy atom. The van der Waals surface area contributed by atoms with Crippen LogP contribution in [0.4, 0.5) is 0 Å². The van der Waals surface area contributed by atoms with Crippen molar-refractivity contribution in [3.63, 3.8) is 0 Å². The Hall–Kier alpha value is -1.05. The number of nitrogens with zero attached hydrogens (tertiary/aromatic N) is 1. The Balaban J connectivity index is 3.24. The molecule has 13 heavy (non-hydrogen) atoms. The minimum atomic E-state index is 0.131. The molecule has 0 spiro atoms. The monoisotopic (exact) mass is 179 g/mol. The summed E-state index contributed by atoms with van der Waals surface area (Å²) in [5, 5.41) is 0. The first-order chi connectivity index (χ1) is 5.96. The molecule has 0 aliphatic rings. The summed E-state index contributed by atoms with van der Waals surface area (Å²) in [5.41, 5.74) is 2.56. The van der Waals surface area contributed by atoms with Crippen LogP contribution < -0.4 is 4.74 Å². The van der Waals surface area contributed by atoms with Gasteiger partial charge in [-0.1, -0.05) is 20.8 Å². The van der Waals surface area contributed by atoms with Crippen molar-refractivity contribution in [3.8, 4) is 5.75 Å². The minimum Gasteiger partial charge on any atom is -0.495 e. The van der Waals surface area contributed by atoms with Gasteiger partial charge in [0.1, 0.15) is 5.75 Å². The molecule has 0 aliphatic heterocycles. The van der Waals surface area contributed by atoms with Crippen molar-refractivity contribution in [2.24, 2.45) is 0 Å². The van der Waals surface area contributed by atoms with Gasteiger partial charge in [0.25, 0.3) is 0 Å². The van der Waals surface area contributed by atoms with Gasteiger partial charge in [0.2, 0.25) is 0 Å². The van der Waals surface area contributed by atoms with E-state index in [9.17, 15) is 0 Å². The molecule has 1 heterocycles. The van der Waals surface area contributed by atoms with Gasteiger partial charge in [-0.05, 0) is 23.5 Å². The first kappa shape index (κ1) is 10.0. The smallest absolute Gasteiger partial charge is 0.140 e. The number of pyridine rings is 1. The van der Waals surface area contributed by atoms with Gasteiger partial charge in [-0.25, -0.2) is 0 Å². The second-order valence-corrected chi connectivity index (χ2v) is 4.26. The van der Waals surface area contributed by atoms with Crippen LogP contribution >= 0.6 is 0 Å². The topological polar surface area (TPSA) is 22.1 Å². The third-order valence-corrected chi connectivity index (χ3v) is 2.20. The largest absolute Gasteiger partial charge is 0.495 e. The quantitative estimate of drug-likeness (QED) is 0.661. The zero-order chi connectivity index (χ0) is 10.1. The van der Waals surface area contributed by atoms with Crippen molar-refractivity contribution in [2.45, 2.75) is 33.1 Å². The van der Waals surface area contributed by atoms with Crippen LogP contribution in [0, 0.1) is 6.92 Å². The molecule has 2 nitrogen and oxygen atoms in total. The van der Waals surface area contributed by atoms with Crippen molar-refractivity contribution in [1.29, 1.82) is 0 Å². The van der Waals surface area contributed by atoms with Gasteiger partial charge in [-0.15, -0.1) is 0 Å². The summed E-state index contributed by atoms with van der Waals surface area (Å²) in [6, 6.07) is 0. The summed E-state index contributed by atoms with van der Waals surface area (Å²) in [4.78, 5) is 4.16. The molecule has 0 unspecified atom stereocenters. The highest BCUT2D eigenvalue weighted by Crippen LogP contribution is 2.29. The van der Waals surface area contributed by atoms with Crippen molar-refractivity contribution >= 4 is 0 Å². The number of hydrogen-bond acceptors (Lipinski definition) is 2. The lowest BCUT2D eigenvalue weighted by atomic mass is 9.85. The van der Waals surface area contributed by atoms with Gasteiger partial charge < -0.3 is 4.74 Å². The van der Waals surface area contributed by atoms with E-state index >= 15 is 0 Å². The number of aromatic nitrogens is 1. The molecule has 2 heteroatoms. The highest BCUT2D eigenvalue weighted by Gasteiger charge is 2.18. The molecule has 1 aromatic rings. The van der Waals surface area contributed by atoms with E-state index in [1.165, 1.54) is 11.1 Å². The SMILES string of the molecule is COc1cncc(C(C)(C)C)c1C. The van der Waals surface area contributed by atoms with Crippen LogP contribution in [-0.2, 0) is 5.41 Å².